The third kappa shape index (κ3) is 6.78. The average Bonchev–Trinajstić information content (AvgIpc) is 2.72. The topological polar surface area (TPSA) is 157 Å². The van der Waals surface area contributed by atoms with E-state index < -0.39 is 43.3 Å². The van der Waals surface area contributed by atoms with Crippen LogP contribution in [0.1, 0.15) is 46.1 Å². The number of nitro groups is 1. The zero-order valence-electron chi connectivity index (χ0n) is 19.0. The second-order valence-electron chi connectivity index (χ2n) is 6.68. The van der Waals surface area contributed by atoms with Crippen LogP contribution in [0.4, 0.5) is 5.69 Å². The Hall–Kier alpha value is -1.45. The molecule has 0 radical (unpaired) electrons. The van der Waals surface area contributed by atoms with E-state index in [0.29, 0.717) is 0 Å². The van der Waals surface area contributed by atoms with Gasteiger partial charge in [-0.05, 0) is 40.2 Å². The maximum atomic E-state index is 14.0. The van der Waals surface area contributed by atoms with Crippen LogP contribution in [0.2, 0.25) is 0 Å². The molecular weight excluding hydrogens is 462 g/mol. The number of non-ortho nitro benzene ring substituents is 1. The number of carbonyl (C=O) groups is 1. The predicted octanol–water partition coefficient (Wildman–Crippen LogP) is 4.45. The summed E-state index contributed by atoms with van der Waals surface area (Å²) in [5, 5.41) is 9.49. The number of hydrogen-bond acceptors (Lipinski definition) is 10. The monoisotopic (exact) mass is 494 g/mol. The molecule has 182 valence electrons. The Balaban J connectivity index is 3.90. The molecule has 1 aromatic carbocycles. The fraction of sp³-hybridized carbons (Fsp3) is 0.632. The Bertz CT molecular complexity index is 813. The lowest BCUT2D eigenvalue weighted by molar-refractivity contribution is -0.384. The van der Waals surface area contributed by atoms with Gasteiger partial charge in [-0.2, -0.15) is 0 Å². The maximum Gasteiger partial charge on any atom is 0.346 e. The average molecular weight is 494 g/mol. The van der Waals surface area contributed by atoms with Gasteiger partial charge in [0, 0.05) is 18.1 Å². The molecule has 0 unspecified atom stereocenters. The highest BCUT2D eigenvalue weighted by Crippen LogP contribution is 2.74. The van der Waals surface area contributed by atoms with Gasteiger partial charge in [-0.1, -0.05) is 12.1 Å². The van der Waals surface area contributed by atoms with Gasteiger partial charge in [0.25, 0.3) is 5.69 Å². The van der Waals surface area contributed by atoms with E-state index in [2.05, 4.69) is 0 Å². The van der Waals surface area contributed by atoms with E-state index in [1.165, 1.54) is 31.2 Å². The number of benzene rings is 1. The second-order valence-corrected chi connectivity index (χ2v) is 11.4. The van der Waals surface area contributed by atoms with Gasteiger partial charge in [-0.15, -0.1) is 0 Å². The van der Waals surface area contributed by atoms with Gasteiger partial charge in [-0.25, -0.2) is 0 Å². The van der Waals surface area contributed by atoms with Crippen molar-refractivity contribution in [2.45, 2.75) is 52.0 Å². The number of hydrogen-bond donors (Lipinski definition) is 1. The first-order valence-corrected chi connectivity index (χ1v) is 13.5. The van der Waals surface area contributed by atoms with Gasteiger partial charge >= 0.3 is 15.2 Å². The SMILES string of the molecule is CCOP(=O)(OCC)C([C@H](c1ccc([N+](=O)[O-])cc1)[C@H](N)C(C)=O)P(=O)(OCC)OCC. The molecule has 1 aromatic rings. The molecule has 0 saturated carbocycles. The van der Waals surface area contributed by atoms with Crippen LogP contribution in [0.15, 0.2) is 24.3 Å². The Morgan fingerprint density at radius 2 is 1.31 bits per heavy atom. The Morgan fingerprint density at radius 1 is 0.938 bits per heavy atom. The molecule has 0 bridgehead atoms. The molecule has 0 aliphatic rings. The smallest absolute Gasteiger partial charge is 0.321 e. The van der Waals surface area contributed by atoms with Gasteiger partial charge in [0.2, 0.25) is 0 Å². The summed E-state index contributed by atoms with van der Waals surface area (Å²) in [6, 6.07) is 3.85. The summed E-state index contributed by atoms with van der Waals surface area (Å²) in [6.07, 6.45) is 0. The van der Waals surface area contributed by atoms with Gasteiger partial charge in [-0.3, -0.25) is 24.0 Å². The normalized spacial score (nSPS) is 14.3. The Morgan fingerprint density at radius 3 is 1.59 bits per heavy atom. The van der Waals surface area contributed by atoms with Crippen molar-refractivity contribution in [3.63, 3.8) is 0 Å². The number of Topliss-reactive ketones (excluding diaryl/α,β-unsaturated/α-hetero) is 1. The minimum atomic E-state index is -4.24. The molecule has 11 nitrogen and oxygen atoms in total. The van der Waals surface area contributed by atoms with Crippen LogP contribution in [0.25, 0.3) is 0 Å². The number of nitrogens with zero attached hydrogens (tertiary/aromatic N) is 1. The van der Waals surface area contributed by atoms with Crippen molar-refractivity contribution >= 4 is 26.7 Å². The number of nitro benzene ring substituents is 1. The van der Waals surface area contributed by atoms with Crippen LogP contribution in [0.3, 0.4) is 0 Å². The molecular formula is C19H32N2O9P2. The Kier molecular flexibility index (Phi) is 11.3. The van der Waals surface area contributed by atoms with E-state index in [1.54, 1.807) is 27.7 Å². The lowest BCUT2D eigenvalue weighted by Gasteiger charge is -2.38. The molecule has 2 N–H and O–H groups in total. The first-order valence-electron chi connectivity index (χ1n) is 10.3. The summed E-state index contributed by atoms with van der Waals surface area (Å²) in [6.45, 7) is 7.38. The number of ketones is 1. The Labute approximate surface area is 188 Å². The van der Waals surface area contributed by atoms with Crippen LogP contribution in [0.5, 0.6) is 0 Å². The highest BCUT2D eigenvalue weighted by Gasteiger charge is 2.57. The van der Waals surface area contributed by atoms with Crippen molar-refractivity contribution in [2.24, 2.45) is 5.73 Å². The van der Waals surface area contributed by atoms with Crippen molar-refractivity contribution in [1.29, 1.82) is 0 Å². The number of carbonyl (C=O) groups excluding carboxylic acids is 1. The van der Waals surface area contributed by atoms with Gasteiger partial charge in [0.1, 0.15) is 5.78 Å². The summed E-state index contributed by atoms with van der Waals surface area (Å²) in [7, 11) is -8.47. The molecule has 13 heteroatoms. The predicted molar refractivity (Wildman–Crippen MR) is 120 cm³/mol. The van der Waals surface area contributed by atoms with Crippen LogP contribution in [-0.2, 0) is 32.0 Å². The van der Waals surface area contributed by atoms with Crippen molar-refractivity contribution in [1.82, 2.24) is 0 Å². The summed E-state index contributed by atoms with van der Waals surface area (Å²) in [4.78, 5) is 22.8. The minimum absolute atomic E-state index is 0.0473. The lowest BCUT2D eigenvalue weighted by atomic mass is 9.91. The molecule has 2 atom stereocenters. The fourth-order valence-electron chi connectivity index (χ4n) is 3.30. The standard InChI is InChI=1S/C19H32N2O9P2/c1-6-27-31(25,28-7-2)19(32(26,29-8-3)30-9-4)17(18(20)14(5)22)15-10-12-16(13-11-15)21(23)24/h10-13,17-19H,6-9,20H2,1-5H3/t17-,18-/m1/s1. The first kappa shape index (κ1) is 28.6. The molecule has 32 heavy (non-hydrogen) atoms. The zero-order valence-corrected chi connectivity index (χ0v) is 20.8. The van der Waals surface area contributed by atoms with Crippen molar-refractivity contribution in [3.05, 3.63) is 39.9 Å². The van der Waals surface area contributed by atoms with Gasteiger partial charge in [0.15, 0.2) is 5.40 Å². The van der Waals surface area contributed by atoms with Crippen molar-refractivity contribution < 1.29 is 36.9 Å². The molecule has 0 spiro atoms. The number of nitrogens with two attached hydrogens (primary N) is 1. The van der Waals surface area contributed by atoms with Crippen LogP contribution >= 0.6 is 15.2 Å². The van der Waals surface area contributed by atoms with Gasteiger partial charge in [0.05, 0.1) is 37.4 Å². The third-order valence-corrected chi connectivity index (χ3v) is 10.7. The second kappa shape index (κ2) is 12.7. The first-order chi connectivity index (χ1) is 15.0. The molecule has 0 heterocycles. The largest absolute Gasteiger partial charge is 0.346 e. The molecule has 0 saturated heterocycles. The zero-order chi connectivity index (χ0) is 24.5. The lowest BCUT2D eigenvalue weighted by Crippen LogP contribution is -2.42. The van der Waals surface area contributed by atoms with Crippen LogP contribution in [0, 0.1) is 10.1 Å². The van der Waals surface area contributed by atoms with Gasteiger partial charge < -0.3 is 23.8 Å². The van der Waals surface area contributed by atoms with Crippen LogP contribution < -0.4 is 5.73 Å². The molecule has 0 amide bonds. The number of rotatable bonds is 15. The van der Waals surface area contributed by atoms with E-state index in [-0.39, 0.29) is 37.7 Å². The molecule has 1 rings (SSSR count). The van der Waals surface area contributed by atoms with Crippen molar-refractivity contribution in [2.75, 3.05) is 26.4 Å². The van der Waals surface area contributed by atoms with E-state index >= 15 is 0 Å². The molecule has 0 aliphatic carbocycles. The minimum Gasteiger partial charge on any atom is -0.321 e. The molecule has 0 aromatic heterocycles. The quantitative estimate of drug-likeness (QED) is 0.210. The van der Waals surface area contributed by atoms with E-state index in [4.69, 9.17) is 23.8 Å². The molecule has 0 aliphatic heterocycles. The van der Waals surface area contributed by atoms with E-state index in [1.807, 2.05) is 0 Å². The highest BCUT2D eigenvalue weighted by molar-refractivity contribution is 7.72. The summed E-state index contributed by atoms with van der Waals surface area (Å²) >= 11 is 0. The summed E-state index contributed by atoms with van der Waals surface area (Å²) < 4.78 is 49.9. The highest BCUT2D eigenvalue weighted by atomic mass is 31.2. The van der Waals surface area contributed by atoms with E-state index in [9.17, 15) is 24.0 Å². The summed E-state index contributed by atoms with van der Waals surface area (Å²) in [5.74, 6) is -1.70. The fourth-order valence-corrected chi connectivity index (χ4v) is 9.19. The molecule has 0 fully saturated rings. The summed E-state index contributed by atoms with van der Waals surface area (Å²) in [5.41, 5.74) is 6.30. The maximum absolute atomic E-state index is 14.0. The van der Waals surface area contributed by atoms with Crippen LogP contribution in [-0.4, -0.2) is 48.6 Å². The third-order valence-electron chi connectivity index (χ3n) is 4.55. The van der Waals surface area contributed by atoms with E-state index in [0.717, 1.165) is 0 Å². The van der Waals surface area contributed by atoms with Crippen molar-refractivity contribution in [3.8, 4) is 0 Å².